The van der Waals surface area contributed by atoms with Crippen molar-refractivity contribution >= 4 is 23.6 Å². The molecule has 0 unspecified atom stereocenters. The summed E-state index contributed by atoms with van der Waals surface area (Å²) in [6, 6.07) is 11.9. The Morgan fingerprint density at radius 2 is 1.81 bits per heavy atom. The lowest BCUT2D eigenvalue weighted by molar-refractivity contribution is -0.131. The summed E-state index contributed by atoms with van der Waals surface area (Å²) in [5.74, 6) is 7.20. The molecule has 2 saturated carbocycles. The highest BCUT2D eigenvalue weighted by molar-refractivity contribution is 6.42. The number of carboxylic acid groups (broad SMARTS) is 1. The van der Waals surface area contributed by atoms with Crippen molar-refractivity contribution in [3.8, 4) is 17.6 Å². The van der Waals surface area contributed by atoms with E-state index in [1.807, 2.05) is 24.3 Å². The Kier molecular flexibility index (Phi) is 4.68. The number of fused-ring (bicyclic) bond motifs is 1. The number of ether oxygens (including phenoxy) is 1. The van der Waals surface area contributed by atoms with Crippen LogP contribution in [0.25, 0.3) is 6.08 Å². The minimum atomic E-state index is -1.14. The average Bonchev–Trinajstić information content (AvgIpc) is 3.64. The van der Waals surface area contributed by atoms with Crippen LogP contribution in [0.3, 0.4) is 0 Å². The number of hydrogen-bond acceptors (Lipinski definition) is 2. The maximum absolute atomic E-state index is 10.9. The van der Waals surface area contributed by atoms with E-state index in [-0.39, 0.29) is 16.0 Å². The predicted octanol–water partition coefficient (Wildman–Crippen LogP) is 6.22. The zero-order valence-electron chi connectivity index (χ0n) is 17.8. The summed E-state index contributed by atoms with van der Waals surface area (Å²) >= 11 is 5.70. The lowest BCUT2D eigenvalue weighted by Crippen LogP contribution is -2.36. The molecule has 3 nitrogen and oxygen atoms in total. The van der Waals surface area contributed by atoms with E-state index >= 15 is 0 Å². The van der Waals surface area contributed by atoms with Gasteiger partial charge in [0, 0.05) is 16.7 Å². The Bertz CT molecular complexity index is 1150. The topological polar surface area (TPSA) is 46.5 Å². The highest BCUT2D eigenvalue weighted by Gasteiger charge is 2.54. The van der Waals surface area contributed by atoms with Crippen LogP contribution in [0.2, 0.25) is 0 Å². The quantitative estimate of drug-likeness (QED) is 0.462. The maximum atomic E-state index is 10.9. The summed E-state index contributed by atoms with van der Waals surface area (Å²) in [6.45, 7) is 4.66. The fourth-order valence-corrected chi connectivity index (χ4v) is 4.75. The molecule has 1 aliphatic heterocycles. The molecule has 2 aromatic carbocycles. The predicted molar refractivity (Wildman–Crippen MR) is 123 cm³/mol. The monoisotopic (exact) mass is 432 g/mol. The van der Waals surface area contributed by atoms with Gasteiger partial charge in [-0.15, -0.1) is 0 Å². The SMILES string of the molecule is CC1(C)CC2(CC2)Oc2c(C3CC3)cc(C#Cc3ccc(C=C(Cl)C(=O)O)cc3)cc21. The van der Waals surface area contributed by atoms with E-state index in [1.165, 1.54) is 42.9 Å². The summed E-state index contributed by atoms with van der Waals surface area (Å²) in [4.78, 5) is 10.9. The third kappa shape index (κ3) is 4.10. The Balaban J connectivity index is 1.46. The van der Waals surface area contributed by atoms with E-state index in [1.54, 1.807) is 0 Å². The second-order valence-electron chi connectivity index (χ2n) is 9.73. The highest BCUT2D eigenvalue weighted by Crippen LogP contribution is 2.58. The van der Waals surface area contributed by atoms with Gasteiger partial charge >= 0.3 is 5.97 Å². The molecule has 0 amide bonds. The molecule has 3 aliphatic rings. The molecular weight excluding hydrogens is 408 g/mol. The number of aliphatic carboxylic acids is 1. The molecular formula is C27H25ClO3. The van der Waals surface area contributed by atoms with Crippen molar-refractivity contribution in [3.63, 3.8) is 0 Å². The van der Waals surface area contributed by atoms with Gasteiger partial charge in [0.25, 0.3) is 0 Å². The second-order valence-corrected chi connectivity index (χ2v) is 10.1. The molecule has 2 fully saturated rings. The first-order valence-corrected chi connectivity index (χ1v) is 11.2. The average molecular weight is 433 g/mol. The van der Waals surface area contributed by atoms with Gasteiger partial charge in [-0.05, 0) is 84.9 Å². The molecule has 0 atom stereocenters. The summed E-state index contributed by atoms with van der Waals surface area (Å²) in [7, 11) is 0. The molecule has 31 heavy (non-hydrogen) atoms. The molecule has 5 rings (SSSR count). The van der Waals surface area contributed by atoms with Crippen LogP contribution >= 0.6 is 11.6 Å². The lowest BCUT2D eigenvalue weighted by Gasteiger charge is -2.39. The van der Waals surface area contributed by atoms with Gasteiger partial charge in [-0.1, -0.05) is 49.4 Å². The van der Waals surface area contributed by atoms with Gasteiger partial charge in [0.15, 0.2) is 0 Å². The minimum Gasteiger partial charge on any atom is -0.487 e. The Hall–Kier alpha value is -2.70. The van der Waals surface area contributed by atoms with Crippen LogP contribution in [0.1, 0.15) is 79.7 Å². The molecule has 0 bridgehead atoms. The summed E-state index contributed by atoms with van der Waals surface area (Å²) in [6.07, 6.45) is 7.31. The first kappa shape index (κ1) is 20.2. The number of hydrogen-bond donors (Lipinski definition) is 1. The zero-order valence-corrected chi connectivity index (χ0v) is 18.6. The van der Waals surface area contributed by atoms with Crippen molar-refractivity contribution in [2.75, 3.05) is 0 Å². The fraction of sp³-hybridized carbons (Fsp3) is 0.370. The Morgan fingerprint density at radius 1 is 1.13 bits per heavy atom. The minimum absolute atomic E-state index is 0.0765. The lowest BCUT2D eigenvalue weighted by atomic mass is 9.75. The number of halogens is 1. The van der Waals surface area contributed by atoms with Crippen LogP contribution in [-0.4, -0.2) is 16.7 Å². The van der Waals surface area contributed by atoms with E-state index in [9.17, 15) is 4.79 Å². The Labute approximate surface area is 188 Å². The van der Waals surface area contributed by atoms with Gasteiger partial charge in [0.1, 0.15) is 16.4 Å². The van der Waals surface area contributed by atoms with Crippen molar-refractivity contribution in [2.45, 2.75) is 62.9 Å². The van der Waals surface area contributed by atoms with Crippen molar-refractivity contribution in [1.29, 1.82) is 0 Å². The summed E-state index contributed by atoms with van der Waals surface area (Å²) in [5, 5.41) is 8.69. The summed E-state index contributed by atoms with van der Waals surface area (Å²) < 4.78 is 6.57. The van der Waals surface area contributed by atoms with Gasteiger partial charge < -0.3 is 9.84 Å². The van der Waals surface area contributed by atoms with Crippen LogP contribution in [0.4, 0.5) is 0 Å². The van der Waals surface area contributed by atoms with Gasteiger partial charge in [0.05, 0.1) is 0 Å². The van der Waals surface area contributed by atoms with Crippen LogP contribution in [0.15, 0.2) is 41.4 Å². The molecule has 1 heterocycles. The normalized spacial score (nSPS) is 20.3. The van der Waals surface area contributed by atoms with Gasteiger partial charge in [-0.3, -0.25) is 0 Å². The van der Waals surface area contributed by atoms with Crippen molar-refractivity contribution in [1.82, 2.24) is 0 Å². The maximum Gasteiger partial charge on any atom is 0.347 e. The number of carbonyl (C=O) groups is 1. The molecule has 1 spiro atoms. The second kappa shape index (κ2) is 7.18. The summed E-state index contributed by atoms with van der Waals surface area (Å²) in [5.41, 5.74) is 5.43. The molecule has 158 valence electrons. The molecule has 4 heteroatoms. The van der Waals surface area contributed by atoms with Crippen LogP contribution < -0.4 is 4.74 Å². The standard InChI is InChI=1S/C27H25ClO3/c1-26(2)16-27(11-12-27)31-24-21(20-9-10-20)13-19(14-22(24)26)8-5-17-3-6-18(7-4-17)15-23(28)25(29)30/h3-4,6-7,13-15,20H,9-12,16H2,1-2H3,(H,29,30). The highest BCUT2D eigenvalue weighted by atomic mass is 35.5. The van der Waals surface area contributed by atoms with E-state index < -0.39 is 5.97 Å². The van der Waals surface area contributed by atoms with E-state index in [2.05, 4.69) is 37.8 Å². The van der Waals surface area contributed by atoms with Crippen molar-refractivity contribution < 1.29 is 14.6 Å². The number of benzene rings is 2. The van der Waals surface area contributed by atoms with Gasteiger partial charge in [0.2, 0.25) is 0 Å². The number of carboxylic acids is 1. The largest absolute Gasteiger partial charge is 0.487 e. The van der Waals surface area contributed by atoms with E-state index in [0.717, 1.165) is 28.9 Å². The third-order valence-corrected chi connectivity index (χ3v) is 6.78. The first-order valence-electron chi connectivity index (χ1n) is 10.8. The zero-order chi connectivity index (χ0) is 21.8. The van der Waals surface area contributed by atoms with E-state index in [0.29, 0.717) is 5.92 Å². The third-order valence-electron chi connectivity index (χ3n) is 6.51. The smallest absolute Gasteiger partial charge is 0.347 e. The van der Waals surface area contributed by atoms with Crippen LogP contribution in [0.5, 0.6) is 5.75 Å². The van der Waals surface area contributed by atoms with Crippen molar-refractivity contribution in [2.24, 2.45) is 0 Å². The molecule has 0 radical (unpaired) electrons. The van der Waals surface area contributed by atoms with Crippen molar-refractivity contribution in [3.05, 3.63) is 69.2 Å². The molecule has 2 aromatic rings. The molecule has 0 saturated heterocycles. The van der Waals surface area contributed by atoms with Crippen LogP contribution in [-0.2, 0) is 10.2 Å². The van der Waals surface area contributed by atoms with Gasteiger partial charge in [-0.2, -0.15) is 0 Å². The Morgan fingerprint density at radius 3 is 2.42 bits per heavy atom. The number of rotatable bonds is 3. The fourth-order valence-electron chi connectivity index (χ4n) is 4.62. The molecule has 0 aromatic heterocycles. The molecule has 2 aliphatic carbocycles. The van der Waals surface area contributed by atoms with E-state index in [4.69, 9.17) is 21.4 Å². The van der Waals surface area contributed by atoms with Crippen LogP contribution in [0, 0.1) is 11.8 Å². The first-order chi connectivity index (χ1) is 14.7. The molecule has 1 N–H and O–H groups in total. The van der Waals surface area contributed by atoms with Gasteiger partial charge in [-0.25, -0.2) is 4.79 Å².